The van der Waals surface area contributed by atoms with Crippen molar-refractivity contribution in [3.05, 3.63) is 35.1 Å². The van der Waals surface area contributed by atoms with Crippen LogP contribution in [0, 0.1) is 29.5 Å². The van der Waals surface area contributed by atoms with E-state index >= 15 is 0 Å². The molecule has 1 aliphatic heterocycles. The number of nitrogens with two attached hydrogens (primary N) is 1. The number of halogens is 1. The van der Waals surface area contributed by atoms with Crippen LogP contribution in [0.4, 0.5) is 4.39 Å². The van der Waals surface area contributed by atoms with Gasteiger partial charge >= 0.3 is 0 Å². The summed E-state index contributed by atoms with van der Waals surface area (Å²) in [6, 6.07) is 5.04. The van der Waals surface area contributed by atoms with Crippen molar-refractivity contribution < 1.29 is 4.39 Å². The zero-order valence-corrected chi connectivity index (χ0v) is 12.3. The van der Waals surface area contributed by atoms with Crippen LogP contribution in [0.2, 0.25) is 0 Å². The molecule has 2 N–H and O–H groups in total. The molecule has 0 radical (unpaired) electrons. The second-order valence-corrected chi connectivity index (χ2v) is 5.99. The Kier molecular flexibility index (Phi) is 5.17. The van der Waals surface area contributed by atoms with Crippen molar-refractivity contribution in [1.29, 1.82) is 0 Å². The number of hydrogen-bond donors (Lipinski definition) is 1. The van der Waals surface area contributed by atoms with E-state index in [4.69, 9.17) is 5.73 Å². The first-order valence-corrected chi connectivity index (χ1v) is 7.27. The molecule has 0 spiro atoms. The zero-order chi connectivity index (χ0) is 14.5. The van der Waals surface area contributed by atoms with Gasteiger partial charge in [0, 0.05) is 25.2 Å². The number of likely N-dealkylation sites (tertiary alicyclic amines) is 1. The zero-order valence-electron chi connectivity index (χ0n) is 12.3. The number of rotatable bonds is 2. The van der Waals surface area contributed by atoms with Gasteiger partial charge in [-0.25, -0.2) is 4.39 Å². The Balaban J connectivity index is 2.10. The summed E-state index contributed by atoms with van der Waals surface area (Å²) in [7, 11) is 0. The largest absolute Gasteiger partial charge is 0.320 e. The maximum absolute atomic E-state index is 13.6. The minimum absolute atomic E-state index is 0.220. The molecule has 2 nitrogen and oxygen atoms in total. The van der Waals surface area contributed by atoms with Crippen molar-refractivity contribution in [1.82, 2.24) is 4.90 Å². The third-order valence-corrected chi connectivity index (χ3v) is 3.64. The molecule has 0 saturated carbocycles. The molecule has 20 heavy (non-hydrogen) atoms. The Morgan fingerprint density at radius 2 is 1.95 bits per heavy atom. The summed E-state index contributed by atoms with van der Waals surface area (Å²) in [5.74, 6) is 6.88. The molecule has 0 aliphatic carbocycles. The summed E-state index contributed by atoms with van der Waals surface area (Å²) >= 11 is 0. The van der Waals surface area contributed by atoms with E-state index in [1.165, 1.54) is 12.5 Å². The topological polar surface area (TPSA) is 29.3 Å². The van der Waals surface area contributed by atoms with Gasteiger partial charge in [0.05, 0.1) is 6.54 Å². The molecule has 1 heterocycles. The lowest BCUT2D eigenvalue weighted by Gasteiger charge is -2.35. The maximum atomic E-state index is 13.6. The van der Waals surface area contributed by atoms with Gasteiger partial charge in [0.1, 0.15) is 5.82 Å². The smallest absolute Gasteiger partial charge is 0.124 e. The van der Waals surface area contributed by atoms with Crippen molar-refractivity contribution in [2.45, 2.75) is 26.8 Å². The molecule has 2 unspecified atom stereocenters. The fourth-order valence-corrected chi connectivity index (χ4v) is 3.15. The van der Waals surface area contributed by atoms with E-state index in [9.17, 15) is 4.39 Å². The molecule has 0 aromatic heterocycles. The van der Waals surface area contributed by atoms with Gasteiger partial charge in [0.2, 0.25) is 0 Å². The molecule has 1 aliphatic rings. The number of piperidine rings is 1. The van der Waals surface area contributed by atoms with Crippen LogP contribution in [0.3, 0.4) is 0 Å². The summed E-state index contributed by atoms with van der Waals surface area (Å²) in [5, 5.41) is 0. The van der Waals surface area contributed by atoms with Gasteiger partial charge in [-0.2, -0.15) is 0 Å². The summed E-state index contributed by atoms with van der Waals surface area (Å²) in [6.45, 7) is 7.84. The number of benzene rings is 1. The standard InChI is InChI=1S/C17H23FN2/c1-13-6-14(2)11-20(10-13)12-16-7-15(4-3-5-19)8-17(18)9-16/h7-9,13-14H,5-6,10-12,19H2,1-2H3. The molecule has 1 fully saturated rings. The monoisotopic (exact) mass is 274 g/mol. The minimum atomic E-state index is -0.220. The van der Waals surface area contributed by atoms with Gasteiger partial charge in [-0.05, 0) is 42.0 Å². The second-order valence-electron chi connectivity index (χ2n) is 5.99. The lowest BCUT2D eigenvalue weighted by Crippen LogP contribution is -2.38. The van der Waals surface area contributed by atoms with Crippen LogP contribution < -0.4 is 5.73 Å². The first kappa shape index (κ1) is 15.0. The molecule has 2 atom stereocenters. The molecular weight excluding hydrogens is 251 g/mol. The van der Waals surface area contributed by atoms with Gasteiger partial charge in [-0.1, -0.05) is 25.7 Å². The Bertz CT molecular complexity index is 505. The number of hydrogen-bond acceptors (Lipinski definition) is 2. The lowest BCUT2D eigenvalue weighted by atomic mass is 9.91. The van der Waals surface area contributed by atoms with E-state index in [-0.39, 0.29) is 5.82 Å². The highest BCUT2D eigenvalue weighted by Gasteiger charge is 2.21. The summed E-state index contributed by atoms with van der Waals surface area (Å²) in [6.07, 6.45) is 1.28. The molecule has 108 valence electrons. The third kappa shape index (κ3) is 4.33. The molecule has 1 aromatic carbocycles. The molecule has 1 saturated heterocycles. The maximum Gasteiger partial charge on any atom is 0.124 e. The van der Waals surface area contributed by atoms with E-state index in [1.54, 1.807) is 6.07 Å². The van der Waals surface area contributed by atoms with E-state index in [1.807, 2.05) is 6.07 Å². The Morgan fingerprint density at radius 3 is 2.60 bits per heavy atom. The highest BCUT2D eigenvalue weighted by Crippen LogP contribution is 2.22. The second kappa shape index (κ2) is 6.88. The van der Waals surface area contributed by atoms with E-state index in [0.717, 1.165) is 25.2 Å². The quantitative estimate of drug-likeness (QED) is 0.840. The van der Waals surface area contributed by atoms with Crippen molar-refractivity contribution in [3.8, 4) is 11.8 Å². The van der Waals surface area contributed by atoms with E-state index < -0.39 is 0 Å². The Labute approximate surface area is 121 Å². The summed E-state index contributed by atoms with van der Waals surface area (Å²) in [4.78, 5) is 2.41. The normalized spacial score (nSPS) is 23.2. The van der Waals surface area contributed by atoms with Crippen molar-refractivity contribution in [3.63, 3.8) is 0 Å². The lowest BCUT2D eigenvalue weighted by molar-refractivity contribution is 0.134. The average Bonchev–Trinajstić information content (AvgIpc) is 2.34. The van der Waals surface area contributed by atoms with Crippen LogP contribution >= 0.6 is 0 Å². The molecule has 0 amide bonds. The summed E-state index contributed by atoms with van der Waals surface area (Å²) < 4.78 is 13.6. The van der Waals surface area contributed by atoms with Gasteiger partial charge in [0.25, 0.3) is 0 Å². The Morgan fingerprint density at radius 1 is 1.25 bits per heavy atom. The number of nitrogens with zero attached hydrogens (tertiary/aromatic N) is 1. The third-order valence-electron chi connectivity index (χ3n) is 3.64. The van der Waals surface area contributed by atoms with Crippen LogP contribution in [0.1, 0.15) is 31.4 Å². The van der Waals surface area contributed by atoms with Crippen LogP contribution in [-0.2, 0) is 6.54 Å². The molecule has 1 aromatic rings. The van der Waals surface area contributed by atoms with Crippen molar-refractivity contribution in [2.24, 2.45) is 17.6 Å². The van der Waals surface area contributed by atoms with E-state index in [0.29, 0.717) is 23.9 Å². The first-order chi connectivity index (χ1) is 9.56. The first-order valence-electron chi connectivity index (χ1n) is 7.27. The van der Waals surface area contributed by atoms with Crippen LogP contribution in [-0.4, -0.2) is 24.5 Å². The van der Waals surface area contributed by atoms with Crippen molar-refractivity contribution in [2.75, 3.05) is 19.6 Å². The SMILES string of the molecule is CC1CC(C)CN(Cc2cc(F)cc(C#CCN)c2)C1. The molecule has 0 bridgehead atoms. The van der Waals surface area contributed by atoms with Crippen LogP contribution in [0.25, 0.3) is 0 Å². The highest BCUT2D eigenvalue weighted by atomic mass is 19.1. The fraction of sp³-hybridized carbons (Fsp3) is 0.529. The predicted octanol–water partition coefficient (Wildman–Crippen LogP) is 2.61. The van der Waals surface area contributed by atoms with Crippen LogP contribution in [0.5, 0.6) is 0 Å². The average molecular weight is 274 g/mol. The summed E-state index contributed by atoms with van der Waals surface area (Å²) in [5.41, 5.74) is 7.06. The van der Waals surface area contributed by atoms with Gasteiger partial charge in [-0.3, -0.25) is 4.90 Å². The predicted molar refractivity (Wildman–Crippen MR) is 80.6 cm³/mol. The Hall–Kier alpha value is -1.37. The van der Waals surface area contributed by atoms with Gasteiger partial charge in [-0.15, -0.1) is 0 Å². The van der Waals surface area contributed by atoms with Gasteiger partial charge in [0.15, 0.2) is 0 Å². The highest BCUT2D eigenvalue weighted by molar-refractivity contribution is 5.38. The van der Waals surface area contributed by atoms with E-state index in [2.05, 4.69) is 30.6 Å². The fourth-order valence-electron chi connectivity index (χ4n) is 3.15. The van der Waals surface area contributed by atoms with Gasteiger partial charge < -0.3 is 5.73 Å². The molecule has 3 heteroatoms. The van der Waals surface area contributed by atoms with Crippen molar-refractivity contribution >= 4 is 0 Å². The minimum Gasteiger partial charge on any atom is -0.320 e. The van der Waals surface area contributed by atoms with Crippen LogP contribution in [0.15, 0.2) is 18.2 Å². The molecule has 2 rings (SSSR count). The molecular formula is C17H23FN2.